The first kappa shape index (κ1) is 10.1. The number of pyridine rings is 1. The minimum Gasteiger partial charge on any atom is -0.318 e. The lowest BCUT2D eigenvalue weighted by Gasteiger charge is -2.07. The van der Waals surface area contributed by atoms with Gasteiger partial charge in [-0.05, 0) is 24.3 Å². The third-order valence-corrected chi connectivity index (χ3v) is 4.60. The molecule has 3 heterocycles. The molecule has 0 bridgehead atoms. The molecule has 0 amide bonds. The van der Waals surface area contributed by atoms with E-state index in [9.17, 15) is 0 Å². The summed E-state index contributed by atoms with van der Waals surface area (Å²) in [6.07, 6.45) is 1.87. The van der Waals surface area contributed by atoms with Crippen LogP contribution in [0.4, 0.5) is 0 Å². The van der Waals surface area contributed by atoms with Gasteiger partial charge in [0, 0.05) is 12.7 Å². The number of benzene rings is 1. The Morgan fingerprint density at radius 2 is 2.00 bits per heavy atom. The Bertz CT molecular complexity index is 705. The molecule has 0 aliphatic carbocycles. The molecule has 1 radical (unpaired) electrons. The van der Waals surface area contributed by atoms with Crippen LogP contribution in [0.25, 0.3) is 11.0 Å². The van der Waals surface area contributed by atoms with Crippen molar-refractivity contribution in [3.63, 3.8) is 0 Å². The van der Waals surface area contributed by atoms with Gasteiger partial charge < -0.3 is 4.57 Å². The van der Waals surface area contributed by atoms with E-state index < -0.39 is 0 Å². The summed E-state index contributed by atoms with van der Waals surface area (Å²) in [5.41, 5.74) is 3.49. The summed E-state index contributed by atoms with van der Waals surface area (Å²) in [6, 6.07) is 14.4. The molecule has 2 aromatic heterocycles. The molecule has 1 atom stereocenters. The van der Waals surface area contributed by atoms with Gasteiger partial charge >= 0.3 is 0 Å². The average Bonchev–Trinajstić information content (AvgIpc) is 2.97. The van der Waals surface area contributed by atoms with Gasteiger partial charge in [0.1, 0.15) is 0 Å². The van der Waals surface area contributed by atoms with Gasteiger partial charge in [0.25, 0.3) is 0 Å². The van der Waals surface area contributed by atoms with Crippen molar-refractivity contribution >= 4 is 22.8 Å². The molecular formula is C14H12N3S. The number of imidazole rings is 1. The highest BCUT2D eigenvalue weighted by molar-refractivity contribution is 7.99. The molecule has 4 heteroatoms. The maximum Gasteiger partial charge on any atom is 0.157 e. The monoisotopic (exact) mass is 254 g/mol. The Balaban J connectivity index is 1.76. The predicted molar refractivity (Wildman–Crippen MR) is 74.0 cm³/mol. The molecule has 4 rings (SSSR count). The standard InChI is InChI=1S/C14H12N3S/c1-2-7-12-10(5-1)16-14-17(12)9-13(18-14)11-6-3-4-8-15-11/h1-8,13,18H,9H2. The van der Waals surface area contributed by atoms with Crippen LogP contribution < -0.4 is 0 Å². The molecule has 3 aromatic rings. The summed E-state index contributed by atoms with van der Waals surface area (Å²) < 4.78 is 2.32. The molecule has 1 aliphatic rings. The zero-order valence-corrected chi connectivity index (χ0v) is 10.6. The zero-order chi connectivity index (χ0) is 11.9. The molecule has 0 saturated heterocycles. The van der Waals surface area contributed by atoms with Gasteiger partial charge in [-0.25, -0.2) is 4.98 Å². The van der Waals surface area contributed by atoms with Gasteiger partial charge in [-0.1, -0.05) is 18.2 Å². The van der Waals surface area contributed by atoms with Crippen molar-refractivity contribution in [1.82, 2.24) is 14.5 Å². The van der Waals surface area contributed by atoms with E-state index in [0.29, 0.717) is 5.25 Å². The Hall–Kier alpha value is -1.81. The van der Waals surface area contributed by atoms with E-state index in [-0.39, 0.29) is 0 Å². The van der Waals surface area contributed by atoms with E-state index in [2.05, 4.69) is 39.9 Å². The lowest BCUT2D eigenvalue weighted by molar-refractivity contribution is 0.674. The SMILES string of the molecule is c1ccc(C2Cn3c(nc4ccccc43)[SH]2)nc1. The molecule has 0 saturated carbocycles. The summed E-state index contributed by atoms with van der Waals surface area (Å²) >= 11 is 1.26. The van der Waals surface area contributed by atoms with Crippen LogP contribution in [0.3, 0.4) is 0 Å². The van der Waals surface area contributed by atoms with Crippen molar-refractivity contribution in [2.75, 3.05) is 0 Å². The predicted octanol–water partition coefficient (Wildman–Crippen LogP) is 3.01. The molecule has 0 N–H and O–H groups in total. The number of aromatic nitrogens is 3. The Kier molecular flexibility index (Phi) is 2.17. The first-order chi connectivity index (χ1) is 8.92. The van der Waals surface area contributed by atoms with Crippen molar-refractivity contribution in [1.29, 1.82) is 0 Å². The third kappa shape index (κ3) is 1.46. The number of hydrogen-bond donors (Lipinski definition) is 1. The van der Waals surface area contributed by atoms with E-state index in [1.165, 1.54) is 17.3 Å². The zero-order valence-electron chi connectivity index (χ0n) is 9.69. The second-order valence-electron chi connectivity index (χ2n) is 4.41. The van der Waals surface area contributed by atoms with Gasteiger partial charge in [0.2, 0.25) is 0 Å². The minimum atomic E-state index is 0.443. The number of rotatable bonds is 1. The number of nitrogens with zero attached hydrogens (tertiary/aromatic N) is 3. The molecule has 18 heavy (non-hydrogen) atoms. The summed E-state index contributed by atoms with van der Waals surface area (Å²) in [6.45, 7) is 0.981. The van der Waals surface area contributed by atoms with Crippen LogP contribution >= 0.6 is 11.8 Å². The molecule has 3 nitrogen and oxygen atoms in total. The normalized spacial score (nSPS) is 18.1. The number of thiol groups is 1. The Labute approximate surface area is 109 Å². The third-order valence-electron chi connectivity index (χ3n) is 3.29. The smallest absolute Gasteiger partial charge is 0.157 e. The molecule has 1 unspecified atom stereocenters. The minimum absolute atomic E-state index is 0.443. The Morgan fingerprint density at radius 3 is 2.89 bits per heavy atom. The summed E-state index contributed by atoms with van der Waals surface area (Å²) in [5.74, 6) is 0. The topological polar surface area (TPSA) is 30.7 Å². The average molecular weight is 254 g/mol. The first-order valence-electron chi connectivity index (χ1n) is 5.99. The van der Waals surface area contributed by atoms with Crippen molar-refractivity contribution in [2.24, 2.45) is 0 Å². The van der Waals surface area contributed by atoms with E-state index in [4.69, 9.17) is 4.98 Å². The number of hydrogen-bond acceptors (Lipinski definition) is 2. The van der Waals surface area contributed by atoms with Crippen LogP contribution in [-0.2, 0) is 6.54 Å². The number of fused-ring (bicyclic) bond motifs is 3. The highest BCUT2D eigenvalue weighted by Crippen LogP contribution is 2.43. The van der Waals surface area contributed by atoms with Crippen molar-refractivity contribution in [3.8, 4) is 0 Å². The maximum absolute atomic E-state index is 4.69. The van der Waals surface area contributed by atoms with Crippen molar-refractivity contribution in [3.05, 3.63) is 54.4 Å². The lowest BCUT2D eigenvalue weighted by atomic mass is 10.2. The van der Waals surface area contributed by atoms with E-state index in [1.54, 1.807) is 0 Å². The molecule has 1 aliphatic heterocycles. The Morgan fingerprint density at radius 1 is 1.11 bits per heavy atom. The molecular weight excluding hydrogens is 242 g/mol. The molecule has 89 valence electrons. The number of para-hydroxylation sites is 2. The lowest BCUT2D eigenvalue weighted by Crippen LogP contribution is -2.00. The molecule has 0 spiro atoms. The fourth-order valence-corrected chi connectivity index (χ4v) is 3.73. The van der Waals surface area contributed by atoms with Crippen LogP contribution in [0, 0.1) is 0 Å². The fraction of sp³-hybridized carbons (Fsp3) is 0.143. The van der Waals surface area contributed by atoms with Crippen LogP contribution in [0.15, 0.2) is 53.8 Å². The second-order valence-corrected chi connectivity index (χ2v) is 5.69. The fourth-order valence-electron chi connectivity index (χ4n) is 2.43. The van der Waals surface area contributed by atoms with Gasteiger partial charge in [0.05, 0.1) is 22.0 Å². The van der Waals surface area contributed by atoms with E-state index >= 15 is 0 Å². The summed E-state index contributed by atoms with van der Waals surface area (Å²) in [4.78, 5) is 9.15. The van der Waals surface area contributed by atoms with Crippen molar-refractivity contribution in [2.45, 2.75) is 17.0 Å². The van der Waals surface area contributed by atoms with Crippen LogP contribution in [0.5, 0.6) is 0 Å². The van der Waals surface area contributed by atoms with Gasteiger partial charge in [-0.15, -0.1) is 11.8 Å². The first-order valence-corrected chi connectivity index (χ1v) is 6.95. The van der Waals surface area contributed by atoms with E-state index in [0.717, 1.165) is 22.9 Å². The summed E-state index contributed by atoms with van der Waals surface area (Å²) in [7, 11) is 0. The quantitative estimate of drug-likeness (QED) is 0.677. The van der Waals surface area contributed by atoms with Gasteiger partial charge in [-0.2, -0.15) is 0 Å². The van der Waals surface area contributed by atoms with Gasteiger partial charge in [0.15, 0.2) is 5.16 Å². The highest BCUT2D eigenvalue weighted by atomic mass is 32.2. The largest absolute Gasteiger partial charge is 0.318 e. The van der Waals surface area contributed by atoms with E-state index in [1.807, 2.05) is 18.3 Å². The van der Waals surface area contributed by atoms with Gasteiger partial charge in [-0.3, -0.25) is 4.98 Å². The summed E-state index contributed by atoms with van der Waals surface area (Å²) in [5, 5.41) is 1.60. The van der Waals surface area contributed by atoms with Crippen molar-refractivity contribution < 1.29 is 0 Å². The van der Waals surface area contributed by atoms with Crippen LogP contribution in [0.1, 0.15) is 10.9 Å². The van der Waals surface area contributed by atoms with Crippen LogP contribution in [0.2, 0.25) is 0 Å². The maximum atomic E-state index is 4.69. The molecule has 1 aromatic carbocycles. The molecule has 0 fully saturated rings. The van der Waals surface area contributed by atoms with Crippen LogP contribution in [-0.4, -0.2) is 14.5 Å². The second kappa shape index (κ2) is 3.85. The highest BCUT2D eigenvalue weighted by Gasteiger charge is 2.26.